The number of nitriles is 1. The Balaban J connectivity index is 2.15. The predicted octanol–water partition coefficient (Wildman–Crippen LogP) is 3.56. The van der Waals surface area contributed by atoms with Gasteiger partial charge in [0.1, 0.15) is 12.4 Å². The van der Waals surface area contributed by atoms with Gasteiger partial charge < -0.3 is 10.5 Å². The Morgan fingerprint density at radius 3 is 2.65 bits per heavy atom. The summed E-state index contributed by atoms with van der Waals surface area (Å²) in [6.07, 6.45) is 0. The summed E-state index contributed by atoms with van der Waals surface area (Å²) in [5.41, 5.74) is 9.29. The molecule has 2 rings (SSSR count). The molecule has 4 heteroatoms. The minimum atomic E-state index is 0.377. The lowest BCUT2D eigenvalue weighted by molar-refractivity contribution is 0.302. The minimum Gasteiger partial charge on any atom is -0.489 e. The Bertz CT molecular complexity index is 662. The first-order valence-electron chi connectivity index (χ1n) is 6.25. The molecule has 0 saturated carbocycles. The molecule has 0 aliphatic carbocycles. The molecule has 0 atom stereocenters. The molecule has 0 fully saturated rings. The van der Waals surface area contributed by atoms with Crippen LogP contribution in [0.5, 0.6) is 5.75 Å². The zero-order valence-electron chi connectivity index (χ0n) is 11.2. The van der Waals surface area contributed by atoms with Crippen molar-refractivity contribution in [3.05, 3.63) is 63.7 Å². The number of aryl methyl sites for hydroxylation is 1. The normalized spacial score (nSPS) is 10.1. The molecule has 0 aromatic heterocycles. The molecular formula is C16H15ClN2O. The molecule has 0 aliphatic rings. The minimum absolute atomic E-state index is 0.377. The highest BCUT2D eigenvalue weighted by Gasteiger charge is 2.05. The third kappa shape index (κ3) is 3.30. The molecule has 0 bridgehead atoms. The van der Waals surface area contributed by atoms with Crippen LogP contribution in [-0.4, -0.2) is 0 Å². The number of benzene rings is 2. The summed E-state index contributed by atoms with van der Waals surface area (Å²) in [6, 6.07) is 13.1. The monoisotopic (exact) mass is 286 g/mol. The summed E-state index contributed by atoms with van der Waals surface area (Å²) < 4.78 is 5.80. The average molecular weight is 287 g/mol. The quantitative estimate of drug-likeness (QED) is 0.935. The molecule has 0 amide bonds. The highest BCUT2D eigenvalue weighted by Crippen LogP contribution is 2.24. The molecule has 102 valence electrons. The van der Waals surface area contributed by atoms with Gasteiger partial charge in [-0.05, 0) is 48.4 Å². The van der Waals surface area contributed by atoms with E-state index < -0.39 is 0 Å². The van der Waals surface area contributed by atoms with Gasteiger partial charge in [0.05, 0.1) is 11.6 Å². The Morgan fingerprint density at radius 2 is 2.00 bits per heavy atom. The maximum Gasteiger partial charge on any atom is 0.124 e. The van der Waals surface area contributed by atoms with Crippen molar-refractivity contribution in [3.8, 4) is 11.8 Å². The van der Waals surface area contributed by atoms with Gasteiger partial charge in [-0.25, -0.2) is 0 Å². The largest absolute Gasteiger partial charge is 0.489 e. The zero-order valence-corrected chi connectivity index (χ0v) is 11.9. The number of halogens is 1. The maximum absolute atomic E-state index is 8.85. The molecule has 0 radical (unpaired) electrons. The molecule has 0 unspecified atom stereocenters. The van der Waals surface area contributed by atoms with Crippen molar-refractivity contribution in [2.75, 3.05) is 0 Å². The number of hydrogen-bond donors (Lipinski definition) is 1. The van der Waals surface area contributed by atoms with Gasteiger partial charge in [0, 0.05) is 17.1 Å². The molecule has 0 aliphatic heterocycles. The van der Waals surface area contributed by atoms with Gasteiger partial charge in [-0.1, -0.05) is 17.7 Å². The van der Waals surface area contributed by atoms with Crippen LogP contribution in [0.2, 0.25) is 5.02 Å². The fraction of sp³-hybridized carbons (Fsp3) is 0.188. The van der Waals surface area contributed by atoms with Crippen molar-refractivity contribution in [2.45, 2.75) is 20.1 Å². The first-order valence-corrected chi connectivity index (χ1v) is 6.62. The van der Waals surface area contributed by atoms with Gasteiger partial charge in [0.2, 0.25) is 0 Å². The summed E-state index contributed by atoms with van der Waals surface area (Å²) in [5, 5.41) is 9.49. The first kappa shape index (κ1) is 14.4. The van der Waals surface area contributed by atoms with Crippen LogP contribution in [0.15, 0.2) is 36.4 Å². The van der Waals surface area contributed by atoms with Gasteiger partial charge in [-0.15, -0.1) is 0 Å². The lowest BCUT2D eigenvalue weighted by Gasteiger charge is -2.12. The molecule has 3 nitrogen and oxygen atoms in total. The number of nitrogens with two attached hydrogens (primary N) is 1. The Morgan fingerprint density at radius 1 is 1.20 bits per heavy atom. The van der Waals surface area contributed by atoms with Crippen LogP contribution in [-0.2, 0) is 13.2 Å². The van der Waals surface area contributed by atoms with Crippen molar-refractivity contribution in [1.29, 1.82) is 5.26 Å². The summed E-state index contributed by atoms with van der Waals surface area (Å²) >= 11 is 5.93. The van der Waals surface area contributed by atoms with E-state index in [2.05, 4.69) is 6.07 Å². The Kier molecular flexibility index (Phi) is 4.62. The number of hydrogen-bond acceptors (Lipinski definition) is 3. The van der Waals surface area contributed by atoms with Crippen LogP contribution >= 0.6 is 11.6 Å². The highest BCUT2D eigenvalue weighted by molar-refractivity contribution is 6.30. The Hall–Kier alpha value is -2.02. The fourth-order valence-corrected chi connectivity index (χ4v) is 2.13. The first-order chi connectivity index (χ1) is 9.63. The molecule has 2 aromatic rings. The number of nitrogens with zero attached hydrogens (tertiary/aromatic N) is 1. The maximum atomic E-state index is 8.85. The van der Waals surface area contributed by atoms with E-state index in [4.69, 9.17) is 27.3 Å². The van der Waals surface area contributed by atoms with Gasteiger partial charge in [0.15, 0.2) is 0 Å². The zero-order chi connectivity index (χ0) is 14.5. The van der Waals surface area contributed by atoms with Crippen LogP contribution in [0, 0.1) is 18.3 Å². The van der Waals surface area contributed by atoms with Crippen molar-refractivity contribution >= 4 is 11.6 Å². The summed E-state index contributed by atoms with van der Waals surface area (Å²) in [4.78, 5) is 0. The summed E-state index contributed by atoms with van der Waals surface area (Å²) in [6.45, 7) is 2.78. The SMILES string of the molecule is Cc1cc(C#N)ccc1COc1ccc(Cl)cc1CN. The topological polar surface area (TPSA) is 59.0 Å². The van der Waals surface area contributed by atoms with Crippen LogP contribution in [0.25, 0.3) is 0 Å². The molecule has 2 N–H and O–H groups in total. The van der Waals surface area contributed by atoms with Crippen LogP contribution in [0.1, 0.15) is 22.3 Å². The summed E-state index contributed by atoms with van der Waals surface area (Å²) in [5.74, 6) is 0.737. The number of ether oxygens (including phenoxy) is 1. The lowest BCUT2D eigenvalue weighted by atomic mass is 10.1. The smallest absolute Gasteiger partial charge is 0.124 e. The second kappa shape index (κ2) is 6.42. The van der Waals surface area contributed by atoms with Gasteiger partial charge in [-0.2, -0.15) is 5.26 Å². The van der Waals surface area contributed by atoms with Crippen molar-refractivity contribution < 1.29 is 4.74 Å². The van der Waals surface area contributed by atoms with Crippen LogP contribution in [0.4, 0.5) is 0 Å². The van der Waals surface area contributed by atoms with E-state index >= 15 is 0 Å². The van der Waals surface area contributed by atoms with Gasteiger partial charge in [-0.3, -0.25) is 0 Å². The van der Waals surface area contributed by atoms with E-state index in [9.17, 15) is 0 Å². The summed E-state index contributed by atoms with van der Waals surface area (Å²) in [7, 11) is 0. The van der Waals surface area contributed by atoms with Crippen LogP contribution < -0.4 is 10.5 Å². The number of rotatable bonds is 4. The molecule has 0 heterocycles. The van der Waals surface area contributed by atoms with Crippen molar-refractivity contribution in [1.82, 2.24) is 0 Å². The lowest BCUT2D eigenvalue weighted by Crippen LogP contribution is -2.03. The van der Waals surface area contributed by atoms with Crippen molar-refractivity contribution in [2.24, 2.45) is 5.73 Å². The standard InChI is InChI=1S/C16H15ClN2O/c1-11-6-12(8-18)2-3-13(11)10-20-16-5-4-15(17)7-14(16)9-19/h2-7H,9-10,19H2,1H3. The van der Waals surface area contributed by atoms with E-state index in [0.29, 0.717) is 23.7 Å². The second-order valence-electron chi connectivity index (χ2n) is 4.50. The highest BCUT2D eigenvalue weighted by atomic mass is 35.5. The van der Waals surface area contributed by atoms with E-state index in [0.717, 1.165) is 22.4 Å². The Labute approximate surface area is 123 Å². The fourth-order valence-electron chi connectivity index (χ4n) is 1.93. The second-order valence-corrected chi connectivity index (χ2v) is 4.93. The molecule has 0 spiro atoms. The van der Waals surface area contributed by atoms with Gasteiger partial charge in [0.25, 0.3) is 0 Å². The van der Waals surface area contributed by atoms with E-state index in [-0.39, 0.29) is 0 Å². The predicted molar refractivity (Wildman–Crippen MR) is 79.6 cm³/mol. The third-order valence-electron chi connectivity index (χ3n) is 3.10. The van der Waals surface area contributed by atoms with Gasteiger partial charge >= 0.3 is 0 Å². The molecule has 0 saturated heterocycles. The van der Waals surface area contributed by atoms with E-state index in [1.165, 1.54) is 0 Å². The van der Waals surface area contributed by atoms with E-state index in [1.807, 2.05) is 31.2 Å². The van der Waals surface area contributed by atoms with Crippen molar-refractivity contribution in [3.63, 3.8) is 0 Å². The molecule has 20 heavy (non-hydrogen) atoms. The molecule has 2 aromatic carbocycles. The third-order valence-corrected chi connectivity index (χ3v) is 3.33. The molecular weight excluding hydrogens is 272 g/mol. The average Bonchev–Trinajstić information content (AvgIpc) is 2.46. The van der Waals surface area contributed by atoms with E-state index in [1.54, 1.807) is 12.1 Å². The van der Waals surface area contributed by atoms with Crippen LogP contribution in [0.3, 0.4) is 0 Å².